The summed E-state index contributed by atoms with van der Waals surface area (Å²) in [5.74, 6) is 3.24. The van der Waals surface area contributed by atoms with Gasteiger partial charge in [-0.05, 0) is 183 Å². The number of hydrogen-bond donors (Lipinski definition) is 0. The molecule has 0 saturated heterocycles. The highest BCUT2D eigenvalue weighted by molar-refractivity contribution is 5.93. The van der Waals surface area contributed by atoms with E-state index < -0.39 is 0 Å². The number of nitrogens with zero attached hydrogens (tertiary/aromatic N) is 1. The predicted molar refractivity (Wildman–Crippen MR) is 243 cm³/mol. The quantitative estimate of drug-likeness (QED) is 0.173. The van der Waals surface area contributed by atoms with Crippen molar-refractivity contribution in [3.8, 4) is 33.4 Å². The first-order valence-corrected chi connectivity index (χ1v) is 22.5. The van der Waals surface area contributed by atoms with E-state index in [-0.39, 0.29) is 21.7 Å². The molecule has 58 heavy (non-hydrogen) atoms. The highest BCUT2D eigenvalue weighted by atomic mass is 15.1. The van der Waals surface area contributed by atoms with Gasteiger partial charge < -0.3 is 4.90 Å². The smallest absolute Gasteiger partial charge is 0.0468 e. The van der Waals surface area contributed by atoms with Crippen molar-refractivity contribution in [1.29, 1.82) is 0 Å². The van der Waals surface area contributed by atoms with Gasteiger partial charge in [-0.15, -0.1) is 0 Å². The molecule has 7 aliphatic rings. The van der Waals surface area contributed by atoms with E-state index in [1.807, 2.05) is 0 Å². The van der Waals surface area contributed by atoms with Crippen molar-refractivity contribution in [2.75, 3.05) is 4.90 Å². The summed E-state index contributed by atoms with van der Waals surface area (Å²) in [5, 5.41) is 0. The van der Waals surface area contributed by atoms with Gasteiger partial charge in [0.05, 0.1) is 0 Å². The summed E-state index contributed by atoms with van der Waals surface area (Å²) < 4.78 is 0. The van der Waals surface area contributed by atoms with Gasteiger partial charge in [0.2, 0.25) is 0 Å². The van der Waals surface area contributed by atoms with Crippen LogP contribution in [0.25, 0.3) is 33.4 Å². The Morgan fingerprint density at radius 3 is 1.69 bits per heavy atom. The number of rotatable bonds is 4. The molecule has 1 spiro atoms. The molecule has 0 amide bonds. The molecule has 1 nitrogen and oxygen atoms in total. The lowest BCUT2D eigenvalue weighted by atomic mass is 9.42. The van der Waals surface area contributed by atoms with Crippen LogP contribution in [-0.4, -0.2) is 0 Å². The largest absolute Gasteiger partial charge is 0.310 e. The Balaban J connectivity index is 1.09. The van der Waals surface area contributed by atoms with Crippen molar-refractivity contribution >= 4 is 17.1 Å². The van der Waals surface area contributed by atoms with E-state index >= 15 is 0 Å². The maximum Gasteiger partial charge on any atom is 0.0468 e. The summed E-state index contributed by atoms with van der Waals surface area (Å²) in [5.41, 5.74) is 21.7. The molecule has 7 aliphatic carbocycles. The Labute approximate surface area is 346 Å². The van der Waals surface area contributed by atoms with Gasteiger partial charge in [0, 0.05) is 27.9 Å². The fourth-order valence-electron chi connectivity index (χ4n) is 14.2. The zero-order valence-corrected chi connectivity index (χ0v) is 35.3. The molecule has 290 valence electrons. The predicted octanol–water partition coefficient (Wildman–Crippen LogP) is 15.2. The Kier molecular flexibility index (Phi) is 7.18. The molecule has 0 heterocycles. The van der Waals surface area contributed by atoms with E-state index in [4.69, 9.17) is 0 Å². The summed E-state index contributed by atoms with van der Waals surface area (Å²) in [7, 11) is 0. The molecule has 13 rings (SSSR count). The topological polar surface area (TPSA) is 3.24 Å². The van der Waals surface area contributed by atoms with Crippen LogP contribution in [0, 0.1) is 23.7 Å². The Bertz CT molecular complexity index is 2640. The van der Waals surface area contributed by atoms with Crippen LogP contribution < -0.4 is 4.90 Å². The van der Waals surface area contributed by atoms with Gasteiger partial charge in [0.15, 0.2) is 0 Å². The molecule has 0 aromatic heterocycles. The first-order chi connectivity index (χ1) is 27.9. The molecule has 0 N–H and O–H groups in total. The summed E-state index contributed by atoms with van der Waals surface area (Å²) in [4.78, 5) is 2.61. The van der Waals surface area contributed by atoms with E-state index in [0.29, 0.717) is 11.8 Å². The van der Waals surface area contributed by atoms with Gasteiger partial charge in [0.25, 0.3) is 0 Å². The highest BCUT2D eigenvalue weighted by Crippen LogP contribution is 2.71. The van der Waals surface area contributed by atoms with Gasteiger partial charge >= 0.3 is 0 Å². The van der Waals surface area contributed by atoms with Crippen LogP contribution in [0.5, 0.6) is 0 Å². The third-order valence-corrected chi connectivity index (χ3v) is 16.9. The number of anilines is 3. The van der Waals surface area contributed by atoms with Crippen LogP contribution in [0.4, 0.5) is 17.1 Å². The third kappa shape index (κ3) is 4.65. The summed E-state index contributed by atoms with van der Waals surface area (Å²) >= 11 is 0. The molecule has 1 heteroatoms. The lowest BCUT2D eigenvalue weighted by Gasteiger charge is -2.61. The molecular weight excluding hydrogens is 699 g/mol. The lowest BCUT2D eigenvalue weighted by molar-refractivity contribution is -0.0397. The third-order valence-electron chi connectivity index (χ3n) is 16.9. The molecule has 0 radical (unpaired) electrons. The molecule has 0 unspecified atom stereocenters. The molecule has 4 saturated carbocycles. The van der Waals surface area contributed by atoms with E-state index in [1.165, 1.54) is 118 Å². The number of hydrogen-bond acceptors (Lipinski definition) is 1. The molecule has 6 aromatic rings. The van der Waals surface area contributed by atoms with E-state index in [9.17, 15) is 0 Å². The van der Waals surface area contributed by atoms with Gasteiger partial charge in [0.1, 0.15) is 0 Å². The average Bonchev–Trinajstić information content (AvgIpc) is 3.64. The number of benzene rings is 6. The van der Waals surface area contributed by atoms with Crippen molar-refractivity contribution in [3.05, 3.63) is 161 Å². The lowest BCUT2D eigenvalue weighted by Crippen LogP contribution is -2.55. The molecular formula is C57H57N. The highest BCUT2D eigenvalue weighted by Gasteiger charge is 2.62. The second kappa shape index (κ2) is 11.9. The minimum Gasteiger partial charge on any atom is -0.310 e. The first kappa shape index (κ1) is 35.1. The maximum absolute atomic E-state index is 2.62. The van der Waals surface area contributed by atoms with Crippen molar-refractivity contribution in [1.82, 2.24) is 0 Å². The Morgan fingerprint density at radius 1 is 0.414 bits per heavy atom. The standard InChI is InChI=1S/C57H57N/c1-54(2)25-26-55(3,4)52-34-42(21-24-50(52)54)58(41-19-22-45-44-15-10-11-18-48(44)56(5,6)51(45)33-41)40-20-23-49-47(32-40)46-17-12-16-43(37-13-8-7-9-14-37)53(46)57(49)38-28-35-27-36(30-38)31-39(57)29-35/h7-24,32-36,38-39H,25-31H2,1-6H3. The van der Waals surface area contributed by atoms with E-state index in [1.54, 1.807) is 11.1 Å². The maximum atomic E-state index is 2.62. The monoisotopic (exact) mass is 755 g/mol. The van der Waals surface area contributed by atoms with Crippen molar-refractivity contribution in [3.63, 3.8) is 0 Å². The van der Waals surface area contributed by atoms with E-state index in [0.717, 1.165) is 11.8 Å². The summed E-state index contributed by atoms with van der Waals surface area (Å²) in [6.45, 7) is 14.6. The fraction of sp³-hybridized carbons (Fsp3) is 0.368. The van der Waals surface area contributed by atoms with Gasteiger partial charge in [-0.2, -0.15) is 0 Å². The zero-order valence-electron chi connectivity index (χ0n) is 35.3. The molecule has 0 atom stereocenters. The van der Waals surface area contributed by atoms with Crippen LogP contribution in [-0.2, 0) is 21.7 Å². The molecule has 6 aromatic carbocycles. The van der Waals surface area contributed by atoms with Crippen LogP contribution in [0.15, 0.2) is 127 Å². The van der Waals surface area contributed by atoms with Crippen LogP contribution in [0.2, 0.25) is 0 Å². The second-order valence-corrected chi connectivity index (χ2v) is 21.2. The van der Waals surface area contributed by atoms with Crippen molar-refractivity contribution < 1.29 is 0 Å². The Morgan fingerprint density at radius 2 is 0.966 bits per heavy atom. The van der Waals surface area contributed by atoms with Gasteiger partial charge in [-0.1, -0.05) is 133 Å². The summed E-state index contributed by atoms with van der Waals surface area (Å²) in [6, 6.07) is 50.2. The zero-order chi connectivity index (χ0) is 39.3. The minimum absolute atomic E-state index is 0.0773. The van der Waals surface area contributed by atoms with Gasteiger partial charge in [-0.25, -0.2) is 0 Å². The molecule has 4 fully saturated rings. The fourth-order valence-corrected chi connectivity index (χ4v) is 14.2. The number of fused-ring (bicyclic) bond motifs is 7. The van der Waals surface area contributed by atoms with Crippen molar-refractivity contribution in [2.24, 2.45) is 23.7 Å². The summed E-state index contributed by atoms with van der Waals surface area (Å²) in [6.07, 6.45) is 9.43. The van der Waals surface area contributed by atoms with Gasteiger partial charge in [-0.3, -0.25) is 0 Å². The molecule has 0 aliphatic heterocycles. The van der Waals surface area contributed by atoms with Crippen LogP contribution >= 0.6 is 0 Å². The van der Waals surface area contributed by atoms with Crippen LogP contribution in [0.1, 0.15) is 120 Å². The minimum atomic E-state index is -0.0773. The normalized spacial score (nSPS) is 26.8. The average molecular weight is 756 g/mol. The molecule has 4 bridgehead atoms. The SMILES string of the molecule is CC1(C)CCC(C)(C)c2cc(N(c3ccc4c(c3)-c3cccc(-c5ccccc5)c3C43C4CC5CC(C4)CC3C5)c3ccc4c(c3)C(C)(C)c3ccccc3-4)ccc21. The first-order valence-electron chi connectivity index (χ1n) is 22.5. The van der Waals surface area contributed by atoms with Crippen molar-refractivity contribution in [2.45, 2.75) is 108 Å². The second-order valence-electron chi connectivity index (χ2n) is 21.2. The van der Waals surface area contributed by atoms with Crippen LogP contribution in [0.3, 0.4) is 0 Å². The Hall–Kier alpha value is -4.88. The van der Waals surface area contributed by atoms with E-state index in [2.05, 4.69) is 174 Å².